The van der Waals surface area contributed by atoms with Crippen molar-refractivity contribution in [3.05, 3.63) is 23.4 Å². The van der Waals surface area contributed by atoms with E-state index < -0.39 is 36.1 Å². The third kappa shape index (κ3) is 3.01. The molecule has 2 N–H and O–H groups in total. The lowest BCUT2D eigenvalue weighted by Gasteiger charge is -2.09. The molecular weight excluding hydrogens is 223 g/mol. The number of halogens is 5. The van der Waals surface area contributed by atoms with Crippen molar-refractivity contribution in [2.45, 2.75) is 12.9 Å². The van der Waals surface area contributed by atoms with E-state index in [1.54, 1.807) is 0 Å². The minimum atomic E-state index is -5.01. The van der Waals surface area contributed by atoms with Crippen LogP contribution in [0.15, 0.2) is 6.07 Å². The summed E-state index contributed by atoms with van der Waals surface area (Å²) in [5.74, 6) is -3.96. The zero-order valence-corrected chi connectivity index (χ0v) is 7.11. The fourth-order valence-corrected chi connectivity index (χ4v) is 0.830. The molecule has 0 saturated carbocycles. The van der Waals surface area contributed by atoms with E-state index in [1.807, 2.05) is 0 Å². The SMILES string of the molecule is NCc1nc(OC(F)(F)F)cc(F)c1F. The van der Waals surface area contributed by atoms with Gasteiger partial charge in [0.15, 0.2) is 11.6 Å². The van der Waals surface area contributed by atoms with Crippen molar-refractivity contribution in [2.24, 2.45) is 5.73 Å². The summed E-state index contributed by atoms with van der Waals surface area (Å²) in [6.07, 6.45) is -5.01. The van der Waals surface area contributed by atoms with Crippen LogP contribution < -0.4 is 10.5 Å². The Hall–Kier alpha value is -1.44. The first-order valence-electron chi connectivity index (χ1n) is 3.64. The summed E-state index contributed by atoms with van der Waals surface area (Å²) < 4.78 is 63.8. The van der Waals surface area contributed by atoms with Gasteiger partial charge in [-0.1, -0.05) is 0 Å². The maximum Gasteiger partial charge on any atom is 0.574 e. The van der Waals surface area contributed by atoms with Crippen LogP contribution in [0, 0.1) is 11.6 Å². The van der Waals surface area contributed by atoms with Crippen molar-refractivity contribution in [1.29, 1.82) is 0 Å². The van der Waals surface area contributed by atoms with Crippen LogP contribution in [-0.4, -0.2) is 11.3 Å². The second-order valence-electron chi connectivity index (χ2n) is 2.45. The molecule has 0 bridgehead atoms. The summed E-state index contributed by atoms with van der Waals surface area (Å²) in [6, 6.07) is 0.196. The monoisotopic (exact) mass is 228 g/mol. The second-order valence-corrected chi connectivity index (χ2v) is 2.45. The molecule has 0 fully saturated rings. The number of nitrogens with zero attached hydrogens (tertiary/aromatic N) is 1. The zero-order chi connectivity index (χ0) is 11.6. The van der Waals surface area contributed by atoms with Crippen LogP contribution in [0.5, 0.6) is 5.88 Å². The Labute approximate surface area is 80.7 Å². The van der Waals surface area contributed by atoms with Gasteiger partial charge in [0.2, 0.25) is 5.88 Å². The van der Waals surface area contributed by atoms with E-state index in [1.165, 1.54) is 0 Å². The molecule has 0 aliphatic carbocycles. The van der Waals surface area contributed by atoms with Crippen molar-refractivity contribution >= 4 is 0 Å². The van der Waals surface area contributed by atoms with Crippen LogP contribution in [0.1, 0.15) is 5.69 Å². The van der Waals surface area contributed by atoms with Crippen LogP contribution in [0.4, 0.5) is 22.0 Å². The number of ether oxygens (including phenoxy) is 1. The molecule has 0 aliphatic heterocycles. The van der Waals surface area contributed by atoms with Crippen molar-refractivity contribution in [2.75, 3.05) is 0 Å². The van der Waals surface area contributed by atoms with E-state index in [0.29, 0.717) is 0 Å². The molecule has 0 amide bonds. The van der Waals surface area contributed by atoms with Gasteiger partial charge in [-0.3, -0.25) is 0 Å². The Kier molecular flexibility index (Phi) is 3.08. The van der Waals surface area contributed by atoms with Gasteiger partial charge in [0.1, 0.15) is 0 Å². The number of rotatable bonds is 2. The summed E-state index contributed by atoms with van der Waals surface area (Å²) in [7, 11) is 0. The first kappa shape index (κ1) is 11.6. The number of hydrogen-bond donors (Lipinski definition) is 1. The quantitative estimate of drug-likeness (QED) is 0.784. The Balaban J connectivity index is 3.06. The molecule has 0 aromatic carbocycles. The summed E-state index contributed by atoms with van der Waals surface area (Å²) >= 11 is 0. The highest BCUT2D eigenvalue weighted by Gasteiger charge is 2.32. The van der Waals surface area contributed by atoms with Gasteiger partial charge in [-0.25, -0.2) is 13.8 Å². The molecule has 0 saturated heterocycles. The molecule has 84 valence electrons. The molecule has 1 heterocycles. The number of alkyl halides is 3. The minimum Gasteiger partial charge on any atom is -0.388 e. The molecule has 1 aromatic rings. The standard InChI is InChI=1S/C7H5F5N2O/c8-3-1-5(15-7(10,11)12)14-4(2-13)6(3)9/h1H,2,13H2. The average Bonchev–Trinajstić information content (AvgIpc) is 2.08. The van der Waals surface area contributed by atoms with Crippen LogP contribution in [0.3, 0.4) is 0 Å². The summed E-state index contributed by atoms with van der Waals surface area (Å²) in [6.45, 7) is -0.530. The Morgan fingerprint density at radius 2 is 1.93 bits per heavy atom. The molecule has 0 radical (unpaired) electrons. The number of pyridine rings is 1. The molecule has 3 nitrogen and oxygen atoms in total. The normalized spacial score (nSPS) is 11.6. The number of aromatic nitrogens is 1. The highest BCUT2D eigenvalue weighted by Crippen LogP contribution is 2.23. The van der Waals surface area contributed by atoms with Gasteiger partial charge in [-0.15, -0.1) is 13.2 Å². The van der Waals surface area contributed by atoms with Crippen LogP contribution in [0.25, 0.3) is 0 Å². The van der Waals surface area contributed by atoms with Crippen LogP contribution in [0.2, 0.25) is 0 Å². The summed E-state index contributed by atoms with van der Waals surface area (Å²) in [5.41, 5.74) is 4.32. The Bertz CT molecular complexity index is 365. The lowest BCUT2D eigenvalue weighted by molar-refractivity contribution is -0.276. The minimum absolute atomic E-state index is 0.196. The Morgan fingerprint density at radius 3 is 2.40 bits per heavy atom. The molecule has 0 unspecified atom stereocenters. The predicted octanol–water partition coefficient (Wildman–Crippen LogP) is 1.72. The van der Waals surface area contributed by atoms with E-state index in [0.717, 1.165) is 0 Å². The van der Waals surface area contributed by atoms with E-state index in [4.69, 9.17) is 5.73 Å². The van der Waals surface area contributed by atoms with Gasteiger partial charge >= 0.3 is 6.36 Å². The number of nitrogens with two attached hydrogens (primary N) is 1. The largest absolute Gasteiger partial charge is 0.574 e. The van der Waals surface area contributed by atoms with E-state index in [-0.39, 0.29) is 6.07 Å². The highest BCUT2D eigenvalue weighted by molar-refractivity contribution is 5.19. The molecular formula is C7H5F5N2O. The first-order valence-corrected chi connectivity index (χ1v) is 3.64. The van der Waals surface area contributed by atoms with Gasteiger partial charge < -0.3 is 10.5 Å². The van der Waals surface area contributed by atoms with Gasteiger partial charge in [0.25, 0.3) is 0 Å². The van der Waals surface area contributed by atoms with E-state index >= 15 is 0 Å². The van der Waals surface area contributed by atoms with Crippen molar-refractivity contribution in [3.63, 3.8) is 0 Å². The third-order valence-electron chi connectivity index (χ3n) is 1.37. The zero-order valence-electron chi connectivity index (χ0n) is 7.11. The van der Waals surface area contributed by atoms with Crippen molar-refractivity contribution < 1.29 is 26.7 Å². The van der Waals surface area contributed by atoms with Gasteiger partial charge in [-0.2, -0.15) is 0 Å². The molecule has 1 aromatic heterocycles. The van der Waals surface area contributed by atoms with Crippen molar-refractivity contribution in [3.8, 4) is 5.88 Å². The predicted molar refractivity (Wildman–Crippen MR) is 38.7 cm³/mol. The summed E-state index contributed by atoms with van der Waals surface area (Å²) in [4.78, 5) is 3.05. The number of hydrogen-bond acceptors (Lipinski definition) is 3. The van der Waals surface area contributed by atoms with Gasteiger partial charge in [0, 0.05) is 12.6 Å². The molecule has 8 heteroatoms. The third-order valence-corrected chi connectivity index (χ3v) is 1.37. The van der Waals surface area contributed by atoms with E-state index in [9.17, 15) is 22.0 Å². The topological polar surface area (TPSA) is 48.1 Å². The molecule has 0 atom stereocenters. The highest BCUT2D eigenvalue weighted by atomic mass is 19.4. The molecule has 0 aliphatic rings. The average molecular weight is 228 g/mol. The smallest absolute Gasteiger partial charge is 0.388 e. The molecule has 15 heavy (non-hydrogen) atoms. The van der Waals surface area contributed by atoms with E-state index in [2.05, 4.69) is 9.72 Å². The maximum atomic E-state index is 12.8. The van der Waals surface area contributed by atoms with Gasteiger partial charge in [-0.05, 0) is 0 Å². The fourth-order valence-electron chi connectivity index (χ4n) is 0.830. The molecule has 1 rings (SSSR count). The van der Waals surface area contributed by atoms with Crippen LogP contribution in [-0.2, 0) is 6.54 Å². The molecule has 0 spiro atoms. The van der Waals surface area contributed by atoms with Crippen LogP contribution >= 0.6 is 0 Å². The lowest BCUT2D eigenvalue weighted by Crippen LogP contribution is -2.19. The first-order chi connectivity index (χ1) is 6.83. The Morgan fingerprint density at radius 1 is 1.33 bits per heavy atom. The lowest BCUT2D eigenvalue weighted by atomic mass is 10.3. The van der Waals surface area contributed by atoms with Crippen molar-refractivity contribution in [1.82, 2.24) is 4.98 Å². The summed E-state index contributed by atoms with van der Waals surface area (Å²) in [5, 5.41) is 0. The van der Waals surface area contributed by atoms with Gasteiger partial charge in [0.05, 0.1) is 5.69 Å². The second kappa shape index (κ2) is 3.97. The fraction of sp³-hybridized carbons (Fsp3) is 0.286. The maximum absolute atomic E-state index is 12.8.